The largest absolute Gasteiger partial charge is 0.370 e. The van der Waals surface area contributed by atoms with E-state index >= 15 is 0 Å². The van der Waals surface area contributed by atoms with E-state index in [-0.39, 0.29) is 0 Å². The Balaban J connectivity index is 1.58. The highest BCUT2D eigenvalue weighted by molar-refractivity contribution is 5.54. The molecule has 0 unspecified atom stereocenters. The lowest BCUT2D eigenvalue weighted by atomic mass is 9.80. The first-order valence-corrected chi connectivity index (χ1v) is 9.12. The maximum Gasteiger partial charge on any atom is 0.127 e. The summed E-state index contributed by atoms with van der Waals surface area (Å²) < 4.78 is 0. The first kappa shape index (κ1) is 16.6. The maximum atomic E-state index is 4.52. The third kappa shape index (κ3) is 3.63. The molecule has 0 radical (unpaired) electrons. The molecule has 2 aliphatic rings. The summed E-state index contributed by atoms with van der Waals surface area (Å²) in [6.07, 6.45) is 5.83. The number of rotatable bonds is 5. The van der Waals surface area contributed by atoms with Crippen molar-refractivity contribution in [3.05, 3.63) is 18.3 Å². The van der Waals surface area contributed by atoms with Crippen molar-refractivity contribution < 1.29 is 0 Å². The highest BCUT2D eigenvalue weighted by Gasteiger charge is 2.38. The van der Waals surface area contributed by atoms with Crippen LogP contribution in [0.3, 0.4) is 0 Å². The van der Waals surface area contributed by atoms with Gasteiger partial charge in [-0.3, -0.25) is 0 Å². The van der Waals surface area contributed by atoms with Gasteiger partial charge in [0.15, 0.2) is 0 Å². The summed E-state index contributed by atoms with van der Waals surface area (Å²) in [4.78, 5) is 6.97. The summed E-state index contributed by atoms with van der Waals surface area (Å²) in [5, 5.41) is 6.97. The Labute approximate surface area is 141 Å². The molecule has 1 aliphatic heterocycles. The molecule has 0 aromatic carbocycles. The van der Waals surface area contributed by atoms with E-state index in [2.05, 4.69) is 60.5 Å². The van der Waals surface area contributed by atoms with Gasteiger partial charge < -0.3 is 15.5 Å². The van der Waals surface area contributed by atoms with Gasteiger partial charge in [0.1, 0.15) is 5.82 Å². The van der Waals surface area contributed by atoms with Gasteiger partial charge >= 0.3 is 0 Å². The second-order valence-electron chi connectivity index (χ2n) is 8.08. The molecule has 2 fully saturated rings. The Kier molecular flexibility index (Phi) is 4.81. The van der Waals surface area contributed by atoms with Gasteiger partial charge in [-0.25, -0.2) is 4.98 Å². The van der Waals surface area contributed by atoms with E-state index in [1.165, 1.54) is 24.9 Å². The van der Waals surface area contributed by atoms with Crippen LogP contribution in [-0.2, 0) is 0 Å². The molecule has 1 aromatic heterocycles. The summed E-state index contributed by atoms with van der Waals surface area (Å²) in [5.41, 5.74) is 1.78. The van der Waals surface area contributed by atoms with E-state index in [0.717, 1.165) is 37.3 Å². The number of hydrogen-bond donors (Lipinski definition) is 2. The molecule has 2 N–H and O–H groups in total. The molecule has 128 valence electrons. The molecule has 0 bridgehead atoms. The lowest BCUT2D eigenvalue weighted by molar-refractivity contribution is 0.244. The summed E-state index contributed by atoms with van der Waals surface area (Å²) in [5.74, 6) is 2.55. The molecule has 2 heterocycles. The Bertz CT molecular complexity index is 528. The van der Waals surface area contributed by atoms with Gasteiger partial charge in [0.2, 0.25) is 0 Å². The van der Waals surface area contributed by atoms with Gasteiger partial charge in [0.05, 0.1) is 0 Å². The fourth-order valence-electron chi connectivity index (χ4n) is 4.13. The minimum atomic E-state index is 0.485. The van der Waals surface area contributed by atoms with Crippen LogP contribution in [0.25, 0.3) is 0 Å². The van der Waals surface area contributed by atoms with Gasteiger partial charge in [-0.15, -0.1) is 0 Å². The van der Waals surface area contributed by atoms with E-state index in [1.54, 1.807) is 0 Å². The molecule has 4 nitrogen and oxygen atoms in total. The van der Waals surface area contributed by atoms with Crippen LogP contribution in [0.15, 0.2) is 18.3 Å². The van der Waals surface area contributed by atoms with Crippen LogP contribution < -0.4 is 15.5 Å². The predicted molar refractivity (Wildman–Crippen MR) is 98.1 cm³/mol. The molecule has 3 rings (SSSR count). The number of nitrogens with one attached hydrogen (secondary N) is 2. The smallest absolute Gasteiger partial charge is 0.127 e. The average molecular weight is 316 g/mol. The number of likely N-dealkylation sites (N-methyl/N-ethyl adjacent to an activating group) is 1. The first-order chi connectivity index (χ1) is 11.0. The average Bonchev–Trinajstić information content (AvgIpc) is 3.12. The highest BCUT2D eigenvalue weighted by atomic mass is 15.2. The van der Waals surface area contributed by atoms with Gasteiger partial charge in [0, 0.05) is 43.6 Å². The molecule has 1 aromatic rings. The Hall–Kier alpha value is -1.29. The Morgan fingerprint density at radius 3 is 2.83 bits per heavy atom. The van der Waals surface area contributed by atoms with Gasteiger partial charge in [-0.1, -0.05) is 20.8 Å². The minimum Gasteiger partial charge on any atom is -0.370 e. The van der Waals surface area contributed by atoms with E-state index in [1.807, 2.05) is 6.20 Å². The van der Waals surface area contributed by atoms with E-state index < -0.39 is 0 Å². The van der Waals surface area contributed by atoms with Crippen molar-refractivity contribution in [1.82, 2.24) is 10.3 Å². The minimum absolute atomic E-state index is 0.485. The normalized spacial score (nSPS) is 29.9. The van der Waals surface area contributed by atoms with Crippen LogP contribution in [0.4, 0.5) is 11.5 Å². The molecule has 0 spiro atoms. The zero-order valence-corrected chi connectivity index (χ0v) is 15.1. The van der Waals surface area contributed by atoms with Crippen LogP contribution in [0.2, 0.25) is 0 Å². The monoisotopic (exact) mass is 316 g/mol. The van der Waals surface area contributed by atoms with Crippen molar-refractivity contribution >= 4 is 11.5 Å². The third-order valence-electron chi connectivity index (χ3n) is 6.35. The molecule has 4 heteroatoms. The van der Waals surface area contributed by atoms with Crippen molar-refractivity contribution in [2.45, 2.75) is 46.1 Å². The predicted octanol–water partition coefficient (Wildman–Crippen LogP) is 3.36. The number of hydrogen-bond acceptors (Lipinski definition) is 4. The van der Waals surface area contributed by atoms with Crippen molar-refractivity contribution in [2.75, 3.05) is 36.9 Å². The fourth-order valence-corrected chi connectivity index (χ4v) is 4.13. The zero-order valence-electron chi connectivity index (χ0n) is 15.1. The molecular formula is C19H32N4. The molecule has 3 atom stereocenters. The topological polar surface area (TPSA) is 40.2 Å². The lowest BCUT2D eigenvalue weighted by Gasteiger charge is -2.27. The summed E-state index contributed by atoms with van der Waals surface area (Å²) >= 11 is 0. The van der Waals surface area contributed by atoms with E-state index in [9.17, 15) is 0 Å². The SMILES string of the molecule is CN[C@H]1CCN(c2ccnc(NC[C@H]3CCC(C)(C)[C@H]3C)c2)C1. The molecule has 1 saturated heterocycles. The first-order valence-electron chi connectivity index (χ1n) is 9.12. The molecule has 0 amide bonds. The number of aromatic nitrogens is 1. The number of anilines is 2. The van der Waals surface area contributed by atoms with Crippen LogP contribution in [0.5, 0.6) is 0 Å². The Morgan fingerprint density at radius 1 is 1.35 bits per heavy atom. The quantitative estimate of drug-likeness (QED) is 0.874. The summed E-state index contributed by atoms with van der Waals surface area (Å²) in [6.45, 7) is 10.5. The van der Waals surface area contributed by atoms with Crippen molar-refractivity contribution in [3.63, 3.8) is 0 Å². The van der Waals surface area contributed by atoms with Crippen molar-refractivity contribution in [2.24, 2.45) is 17.3 Å². The Morgan fingerprint density at radius 2 is 2.17 bits per heavy atom. The maximum absolute atomic E-state index is 4.52. The van der Waals surface area contributed by atoms with Crippen molar-refractivity contribution in [1.29, 1.82) is 0 Å². The molecule has 23 heavy (non-hydrogen) atoms. The number of nitrogens with zero attached hydrogens (tertiary/aromatic N) is 2. The lowest BCUT2D eigenvalue weighted by Crippen LogP contribution is -2.29. The molecule has 1 aliphatic carbocycles. The van der Waals surface area contributed by atoms with Gasteiger partial charge in [-0.05, 0) is 49.6 Å². The van der Waals surface area contributed by atoms with Crippen molar-refractivity contribution in [3.8, 4) is 0 Å². The molecular weight excluding hydrogens is 284 g/mol. The third-order valence-corrected chi connectivity index (χ3v) is 6.35. The molecule has 1 saturated carbocycles. The van der Waals surface area contributed by atoms with Crippen LogP contribution in [-0.4, -0.2) is 37.7 Å². The van der Waals surface area contributed by atoms with Gasteiger partial charge in [-0.2, -0.15) is 0 Å². The van der Waals surface area contributed by atoms with Crippen LogP contribution in [0.1, 0.15) is 40.0 Å². The van der Waals surface area contributed by atoms with Crippen LogP contribution in [0, 0.1) is 17.3 Å². The highest BCUT2D eigenvalue weighted by Crippen LogP contribution is 2.46. The summed E-state index contributed by atoms with van der Waals surface area (Å²) in [7, 11) is 2.05. The van der Waals surface area contributed by atoms with Gasteiger partial charge in [0.25, 0.3) is 0 Å². The van der Waals surface area contributed by atoms with E-state index in [4.69, 9.17) is 0 Å². The zero-order chi connectivity index (χ0) is 16.4. The number of pyridine rings is 1. The second-order valence-corrected chi connectivity index (χ2v) is 8.08. The van der Waals surface area contributed by atoms with Crippen LogP contribution >= 0.6 is 0 Å². The second kappa shape index (κ2) is 6.68. The van der Waals surface area contributed by atoms with E-state index in [0.29, 0.717) is 11.5 Å². The standard InChI is InChI=1S/C19H32N4/c1-14-15(5-8-19(14,2)3)12-22-18-11-17(6-9-21-18)23-10-7-16(13-23)20-4/h6,9,11,14-16,20H,5,7-8,10,12-13H2,1-4H3,(H,21,22)/t14-,15+,16-/m0/s1. The fraction of sp³-hybridized carbons (Fsp3) is 0.737. The summed E-state index contributed by atoms with van der Waals surface area (Å²) in [6, 6.07) is 4.95.